The Morgan fingerprint density at radius 3 is 2.53 bits per heavy atom. The van der Waals surface area contributed by atoms with Gasteiger partial charge in [-0.3, -0.25) is 14.3 Å². The van der Waals surface area contributed by atoms with Gasteiger partial charge >= 0.3 is 6.09 Å². The standard InChI is InChI=1S/C33H31Cl2N7O4S/c1-41-29-21(17-25(31(41)43)28-26(34)8-5-9-27(28)35)18-37-32(40-29)39-23-16-22(19-38-33(44)46-24-6-3-2-4-7-24)30(36-20-23)45-13-10-42-11-14-47-15-12-42/h2-9,16-18,20H,10-15,19H2,1H3,(H,38,44)(H,37,39,40). The Bertz CT molecular complexity index is 1940. The van der Waals surface area contributed by atoms with Crippen LogP contribution in [0.1, 0.15) is 5.56 Å². The Morgan fingerprint density at radius 1 is 1.00 bits per heavy atom. The van der Waals surface area contributed by atoms with Crippen LogP contribution in [0.5, 0.6) is 11.6 Å². The summed E-state index contributed by atoms with van der Waals surface area (Å²) < 4.78 is 12.9. The number of amides is 1. The van der Waals surface area contributed by atoms with Gasteiger partial charge in [0, 0.05) is 60.9 Å². The van der Waals surface area contributed by atoms with Gasteiger partial charge < -0.3 is 20.1 Å². The molecule has 47 heavy (non-hydrogen) atoms. The van der Waals surface area contributed by atoms with Gasteiger partial charge in [-0.25, -0.2) is 14.8 Å². The monoisotopic (exact) mass is 691 g/mol. The minimum Gasteiger partial charge on any atom is -0.476 e. The van der Waals surface area contributed by atoms with Gasteiger partial charge in [0.2, 0.25) is 11.8 Å². The molecule has 0 bridgehead atoms. The number of hydrogen-bond acceptors (Lipinski definition) is 10. The smallest absolute Gasteiger partial charge is 0.412 e. The van der Waals surface area contributed by atoms with Crippen molar-refractivity contribution in [2.75, 3.05) is 43.1 Å². The van der Waals surface area contributed by atoms with Gasteiger partial charge in [0.15, 0.2) is 0 Å². The first kappa shape index (κ1) is 32.6. The number of para-hydroxylation sites is 1. The Labute approximate surface area is 285 Å². The van der Waals surface area contributed by atoms with Gasteiger partial charge in [-0.15, -0.1) is 0 Å². The minimum absolute atomic E-state index is 0.102. The molecule has 0 atom stereocenters. The summed E-state index contributed by atoms with van der Waals surface area (Å²) in [4.78, 5) is 41.9. The molecule has 6 rings (SSSR count). The summed E-state index contributed by atoms with van der Waals surface area (Å²) in [5.74, 6) is 3.30. The molecule has 0 aliphatic carbocycles. The summed E-state index contributed by atoms with van der Waals surface area (Å²) in [6, 6.07) is 17.4. The summed E-state index contributed by atoms with van der Waals surface area (Å²) in [7, 11) is 1.63. The van der Waals surface area contributed by atoms with Crippen LogP contribution in [-0.2, 0) is 13.6 Å². The molecule has 5 aromatic rings. The van der Waals surface area contributed by atoms with Crippen LogP contribution in [0.25, 0.3) is 22.2 Å². The number of aryl methyl sites for hydroxylation is 1. The van der Waals surface area contributed by atoms with Crippen LogP contribution in [0.15, 0.2) is 77.9 Å². The van der Waals surface area contributed by atoms with Gasteiger partial charge in [-0.2, -0.15) is 16.7 Å². The zero-order valence-corrected chi connectivity index (χ0v) is 27.7. The molecule has 1 aliphatic heterocycles. The van der Waals surface area contributed by atoms with Crippen molar-refractivity contribution in [1.82, 2.24) is 29.7 Å². The number of nitrogens with zero attached hydrogens (tertiary/aromatic N) is 5. The van der Waals surface area contributed by atoms with Gasteiger partial charge in [0.05, 0.1) is 34.0 Å². The number of aromatic nitrogens is 4. The molecule has 0 radical (unpaired) electrons. The predicted molar refractivity (Wildman–Crippen MR) is 186 cm³/mol. The second-order valence-electron chi connectivity index (χ2n) is 10.7. The van der Waals surface area contributed by atoms with E-state index in [2.05, 4.69) is 30.5 Å². The number of thioether (sulfide) groups is 1. The fraction of sp³-hybridized carbons (Fsp3) is 0.242. The second kappa shape index (κ2) is 15.0. The normalized spacial score (nSPS) is 13.3. The zero-order chi connectivity index (χ0) is 32.8. The molecule has 242 valence electrons. The number of carbonyl (C=O) groups is 1. The predicted octanol–water partition coefficient (Wildman–Crippen LogP) is 6.16. The minimum atomic E-state index is -0.609. The highest BCUT2D eigenvalue weighted by molar-refractivity contribution is 7.99. The van der Waals surface area contributed by atoms with E-state index in [9.17, 15) is 9.59 Å². The summed E-state index contributed by atoms with van der Waals surface area (Å²) >= 11 is 14.7. The van der Waals surface area contributed by atoms with E-state index in [4.69, 9.17) is 32.7 Å². The highest BCUT2D eigenvalue weighted by Crippen LogP contribution is 2.34. The van der Waals surface area contributed by atoms with Crippen molar-refractivity contribution in [2.45, 2.75) is 6.54 Å². The average molecular weight is 693 g/mol. The number of benzene rings is 2. The van der Waals surface area contributed by atoms with Crippen LogP contribution in [0, 0.1) is 0 Å². The number of ether oxygens (including phenoxy) is 2. The number of halogens is 2. The molecule has 14 heteroatoms. The molecule has 1 aliphatic rings. The Morgan fingerprint density at radius 2 is 1.77 bits per heavy atom. The number of carbonyl (C=O) groups excluding carboxylic acids is 1. The third-order valence-electron chi connectivity index (χ3n) is 7.49. The lowest BCUT2D eigenvalue weighted by Crippen LogP contribution is -2.35. The van der Waals surface area contributed by atoms with E-state index in [1.807, 2.05) is 17.8 Å². The first-order valence-corrected chi connectivity index (χ1v) is 16.8. The van der Waals surface area contributed by atoms with Gasteiger partial charge in [0.1, 0.15) is 18.0 Å². The number of hydrogen-bond donors (Lipinski definition) is 2. The average Bonchev–Trinajstić information content (AvgIpc) is 3.08. The molecule has 0 saturated carbocycles. The summed E-state index contributed by atoms with van der Waals surface area (Å²) in [6.45, 7) is 3.38. The molecule has 0 unspecified atom stereocenters. The summed E-state index contributed by atoms with van der Waals surface area (Å²) in [5, 5.41) is 7.30. The highest BCUT2D eigenvalue weighted by Gasteiger charge is 2.17. The van der Waals surface area contributed by atoms with Crippen molar-refractivity contribution in [3.63, 3.8) is 0 Å². The fourth-order valence-corrected chi connectivity index (χ4v) is 6.67. The molecule has 3 aromatic heterocycles. The number of nitrogens with one attached hydrogen (secondary N) is 2. The summed E-state index contributed by atoms with van der Waals surface area (Å²) in [6.07, 6.45) is 2.61. The molecule has 1 fully saturated rings. The van der Waals surface area contributed by atoms with E-state index in [0.29, 0.717) is 61.7 Å². The maximum absolute atomic E-state index is 13.4. The number of anilines is 2. The van der Waals surface area contributed by atoms with E-state index >= 15 is 0 Å². The Balaban J connectivity index is 1.22. The van der Waals surface area contributed by atoms with Crippen LogP contribution in [0.2, 0.25) is 10.0 Å². The lowest BCUT2D eigenvalue weighted by Gasteiger charge is -2.26. The topological polar surface area (TPSA) is 124 Å². The second-order valence-corrected chi connectivity index (χ2v) is 12.7. The number of pyridine rings is 2. The molecular weight excluding hydrogens is 661 g/mol. The van der Waals surface area contributed by atoms with Crippen molar-refractivity contribution in [3.05, 3.63) is 99.0 Å². The number of rotatable bonds is 10. The van der Waals surface area contributed by atoms with Crippen molar-refractivity contribution in [3.8, 4) is 22.8 Å². The molecule has 2 N–H and O–H groups in total. The first-order valence-electron chi connectivity index (χ1n) is 14.9. The van der Waals surface area contributed by atoms with Crippen molar-refractivity contribution in [2.24, 2.45) is 7.05 Å². The van der Waals surface area contributed by atoms with Crippen molar-refractivity contribution >= 4 is 63.7 Å². The van der Waals surface area contributed by atoms with Crippen LogP contribution < -0.4 is 25.7 Å². The van der Waals surface area contributed by atoms with Gasteiger partial charge in [-0.1, -0.05) is 47.5 Å². The molecule has 2 aromatic carbocycles. The first-order chi connectivity index (χ1) is 22.9. The molecule has 1 saturated heterocycles. The maximum Gasteiger partial charge on any atom is 0.412 e. The lowest BCUT2D eigenvalue weighted by atomic mass is 10.1. The van der Waals surface area contributed by atoms with Gasteiger partial charge in [0.25, 0.3) is 5.56 Å². The van der Waals surface area contributed by atoms with Crippen LogP contribution in [0.3, 0.4) is 0 Å². The third-order valence-corrected chi connectivity index (χ3v) is 9.06. The summed E-state index contributed by atoms with van der Waals surface area (Å²) in [5.41, 5.74) is 2.10. The maximum atomic E-state index is 13.4. The molecule has 0 spiro atoms. The van der Waals surface area contributed by atoms with E-state index < -0.39 is 6.09 Å². The van der Waals surface area contributed by atoms with Crippen molar-refractivity contribution in [1.29, 1.82) is 0 Å². The van der Waals surface area contributed by atoms with Crippen LogP contribution in [0.4, 0.5) is 16.4 Å². The molecule has 11 nitrogen and oxygen atoms in total. The molecular formula is C33H31Cl2N7O4S. The molecule has 4 heterocycles. The van der Waals surface area contributed by atoms with E-state index in [-0.39, 0.29) is 18.1 Å². The fourth-order valence-electron chi connectivity index (χ4n) is 5.09. The zero-order valence-electron chi connectivity index (χ0n) is 25.4. The Hall–Kier alpha value is -4.36. The highest BCUT2D eigenvalue weighted by atomic mass is 35.5. The Kier molecular flexibility index (Phi) is 10.4. The third kappa shape index (κ3) is 7.96. The largest absolute Gasteiger partial charge is 0.476 e. The number of fused-ring (bicyclic) bond motifs is 1. The van der Waals surface area contributed by atoms with E-state index in [1.54, 1.807) is 74.0 Å². The van der Waals surface area contributed by atoms with E-state index in [1.165, 1.54) is 4.57 Å². The lowest BCUT2D eigenvalue weighted by molar-refractivity contribution is 0.199. The molecule has 1 amide bonds. The van der Waals surface area contributed by atoms with E-state index in [0.717, 1.165) is 31.1 Å². The van der Waals surface area contributed by atoms with Crippen LogP contribution in [-0.4, -0.2) is 68.3 Å². The SMILES string of the molecule is Cn1c(=O)c(-c2c(Cl)cccc2Cl)cc2cnc(Nc3cnc(OCCN4CCSCC4)c(CNC(=O)Oc4ccccc4)c3)nc21. The van der Waals surface area contributed by atoms with Crippen LogP contribution >= 0.6 is 35.0 Å². The quantitative estimate of drug-likeness (QED) is 0.176. The van der Waals surface area contributed by atoms with Crippen molar-refractivity contribution < 1.29 is 14.3 Å². The van der Waals surface area contributed by atoms with Gasteiger partial charge in [-0.05, 0) is 36.4 Å².